The zero-order chi connectivity index (χ0) is 9.26. The molecule has 1 aliphatic heterocycles. The molecule has 0 spiro atoms. The summed E-state index contributed by atoms with van der Waals surface area (Å²) < 4.78 is 0. The van der Waals surface area contributed by atoms with Gasteiger partial charge in [0.05, 0.1) is 0 Å². The van der Waals surface area contributed by atoms with Gasteiger partial charge >= 0.3 is 0 Å². The number of thiol groups is 1. The fourth-order valence-electron chi connectivity index (χ4n) is 2.01. The van der Waals surface area contributed by atoms with Gasteiger partial charge in [-0.25, -0.2) is 0 Å². The van der Waals surface area contributed by atoms with Crippen LogP contribution in [0.4, 0.5) is 0 Å². The number of hydrogen-bond donors (Lipinski definition) is 3. The van der Waals surface area contributed by atoms with Crippen molar-refractivity contribution in [2.24, 2.45) is 0 Å². The van der Waals surface area contributed by atoms with Gasteiger partial charge in [0.1, 0.15) is 0 Å². The van der Waals surface area contributed by atoms with Crippen LogP contribution in [0.5, 0.6) is 0 Å². The van der Waals surface area contributed by atoms with Crippen LogP contribution in [0, 0.1) is 0 Å². The lowest BCUT2D eigenvalue weighted by molar-refractivity contribution is 0.159. The molecule has 1 heterocycles. The van der Waals surface area contributed by atoms with Gasteiger partial charge in [0.15, 0.2) is 0 Å². The second kappa shape index (κ2) is 3.80. The maximum Gasteiger partial charge on any atom is 0.0477 e. The molecule has 3 nitrogen and oxygen atoms in total. The van der Waals surface area contributed by atoms with Crippen molar-refractivity contribution in [1.82, 2.24) is 16.0 Å². The average molecular weight is 199 g/mol. The van der Waals surface area contributed by atoms with Gasteiger partial charge in [-0.05, 0) is 26.2 Å². The molecular formula is C9H17N3S. The van der Waals surface area contributed by atoms with Gasteiger partial charge in [-0.3, -0.25) is 5.01 Å². The van der Waals surface area contributed by atoms with Crippen LogP contribution in [-0.4, -0.2) is 16.3 Å². The van der Waals surface area contributed by atoms with Crippen LogP contribution in [0.1, 0.15) is 32.6 Å². The molecular weight excluding hydrogens is 182 g/mol. The number of nitrogens with zero attached hydrogens (tertiary/aromatic N) is 1. The third-order valence-corrected chi connectivity index (χ3v) is 3.20. The van der Waals surface area contributed by atoms with E-state index in [-0.39, 0.29) is 0 Å². The summed E-state index contributed by atoms with van der Waals surface area (Å²) in [6, 6.07) is 0.612. The zero-order valence-electron chi connectivity index (χ0n) is 7.95. The van der Waals surface area contributed by atoms with Crippen LogP contribution in [0.2, 0.25) is 0 Å². The predicted octanol–water partition coefficient (Wildman–Crippen LogP) is 1.41. The third kappa shape index (κ3) is 2.11. The van der Waals surface area contributed by atoms with Gasteiger partial charge in [-0.2, -0.15) is 12.6 Å². The fraction of sp³-hybridized carbons (Fsp3) is 0.778. The number of rotatable bonds is 1. The number of nitrogens with one attached hydrogen (secondary N) is 2. The van der Waals surface area contributed by atoms with E-state index in [9.17, 15) is 0 Å². The van der Waals surface area contributed by atoms with Gasteiger partial charge < -0.3 is 5.43 Å². The second-order valence-corrected chi connectivity index (χ2v) is 4.66. The molecule has 13 heavy (non-hydrogen) atoms. The standard InChI is InChI=1S/C9H17N3S/c1-7-6-12(11-10-7)8-3-2-4-9(13)5-8/h6,8-11,13H,2-5H2,1H3/t8-,9+/m0/s1. The van der Waals surface area contributed by atoms with Crippen LogP contribution >= 0.6 is 12.6 Å². The molecule has 0 bridgehead atoms. The normalized spacial score (nSPS) is 34.3. The molecule has 4 heteroatoms. The van der Waals surface area contributed by atoms with Gasteiger partial charge in [0, 0.05) is 23.2 Å². The van der Waals surface area contributed by atoms with E-state index < -0.39 is 0 Å². The highest BCUT2D eigenvalue weighted by atomic mass is 32.1. The largest absolute Gasteiger partial charge is 0.307 e. The monoisotopic (exact) mass is 199 g/mol. The van der Waals surface area contributed by atoms with Gasteiger partial charge in [0.25, 0.3) is 0 Å². The van der Waals surface area contributed by atoms with Crippen molar-refractivity contribution >= 4 is 12.6 Å². The highest BCUT2D eigenvalue weighted by Crippen LogP contribution is 2.26. The summed E-state index contributed by atoms with van der Waals surface area (Å²) in [7, 11) is 0. The Hall–Kier alpha value is -0.350. The van der Waals surface area contributed by atoms with Crippen LogP contribution in [0.25, 0.3) is 0 Å². The van der Waals surface area contributed by atoms with E-state index >= 15 is 0 Å². The molecule has 0 radical (unpaired) electrons. The van der Waals surface area contributed by atoms with E-state index in [1.165, 1.54) is 31.4 Å². The fourth-order valence-corrected chi connectivity index (χ4v) is 2.44. The lowest BCUT2D eigenvalue weighted by Crippen LogP contribution is -2.45. The van der Waals surface area contributed by atoms with Gasteiger partial charge in [0.2, 0.25) is 0 Å². The second-order valence-electron chi connectivity index (χ2n) is 3.93. The Morgan fingerprint density at radius 3 is 3.00 bits per heavy atom. The molecule has 1 fully saturated rings. The van der Waals surface area contributed by atoms with Gasteiger partial charge in [-0.15, -0.1) is 5.53 Å². The minimum atomic E-state index is 0.579. The summed E-state index contributed by atoms with van der Waals surface area (Å²) in [5.74, 6) is 0. The first-order valence-corrected chi connectivity index (χ1v) is 5.44. The predicted molar refractivity (Wildman–Crippen MR) is 56.9 cm³/mol. The minimum Gasteiger partial charge on any atom is -0.307 e. The van der Waals surface area contributed by atoms with Crippen LogP contribution in [-0.2, 0) is 0 Å². The molecule has 0 unspecified atom stereocenters. The van der Waals surface area contributed by atoms with Crippen molar-refractivity contribution in [3.8, 4) is 0 Å². The van der Waals surface area contributed by atoms with Crippen molar-refractivity contribution in [3.05, 3.63) is 11.9 Å². The van der Waals surface area contributed by atoms with Crippen molar-refractivity contribution < 1.29 is 0 Å². The maximum absolute atomic E-state index is 4.54. The van der Waals surface area contributed by atoms with Crippen LogP contribution in [0.15, 0.2) is 11.9 Å². The quantitative estimate of drug-likeness (QED) is 0.557. The molecule has 74 valence electrons. The molecule has 0 saturated heterocycles. The molecule has 0 aromatic heterocycles. The summed E-state index contributed by atoms with van der Waals surface area (Å²) >= 11 is 4.54. The molecule has 1 saturated carbocycles. The Morgan fingerprint density at radius 2 is 2.38 bits per heavy atom. The van der Waals surface area contributed by atoms with E-state index in [0.29, 0.717) is 11.3 Å². The lowest BCUT2D eigenvalue weighted by atomic mass is 9.95. The summed E-state index contributed by atoms with van der Waals surface area (Å²) in [5.41, 5.74) is 7.43. The smallest absolute Gasteiger partial charge is 0.0477 e. The van der Waals surface area contributed by atoms with E-state index in [2.05, 4.69) is 41.7 Å². The highest BCUT2D eigenvalue weighted by molar-refractivity contribution is 7.80. The first-order valence-electron chi connectivity index (χ1n) is 4.92. The first kappa shape index (κ1) is 9.21. The average Bonchev–Trinajstić information content (AvgIpc) is 2.52. The summed E-state index contributed by atoms with van der Waals surface area (Å²) in [5, 5.41) is 2.76. The zero-order valence-corrected chi connectivity index (χ0v) is 8.85. The Bertz CT molecular complexity index is 217. The van der Waals surface area contributed by atoms with Crippen LogP contribution in [0.3, 0.4) is 0 Å². The van der Waals surface area contributed by atoms with Crippen LogP contribution < -0.4 is 11.0 Å². The number of hydrogen-bond acceptors (Lipinski definition) is 4. The number of allylic oxidation sites excluding steroid dienone is 1. The van der Waals surface area contributed by atoms with Crippen molar-refractivity contribution in [2.45, 2.75) is 43.9 Å². The topological polar surface area (TPSA) is 27.3 Å². The van der Waals surface area contributed by atoms with Gasteiger partial charge in [-0.1, -0.05) is 6.42 Å². The Kier molecular flexibility index (Phi) is 2.69. The third-order valence-electron chi connectivity index (χ3n) is 2.73. The molecule has 0 aromatic rings. The SMILES string of the molecule is CC1=CN([C@H]2CCC[C@@H](S)C2)NN1. The Morgan fingerprint density at radius 1 is 1.54 bits per heavy atom. The molecule has 2 aliphatic rings. The minimum absolute atomic E-state index is 0.579. The highest BCUT2D eigenvalue weighted by Gasteiger charge is 2.25. The first-order chi connectivity index (χ1) is 6.25. The molecule has 1 aliphatic carbocycles. The van der Waals surface area contributed by atoms with E-state index in [0.717, 1.165) is 0 Å². The van der Waals surface area contributed by atoms with E-state index in [1.54, 1.807) is 0 Å². The maximum atomic E-state index is 4.54. The van der Waals surface area contributed by atoms with Crippen molar-refractivity contribution in [1.29, 1.82) is 0 Å². The number of hydrazine groups is 2. The molecule has 2 atom stereocenters. The lowest BCUT2D eigenvalue weighted by Gasteiger charge is -2.32. The Labute approximate surface area is 84.9 Å². The molecule has 0 aromatic carbocycles. The Balaban J connectivity index is 1.93. The molecule has 2 rings (SSSR count). The van der Waals surface area contributed by atoms with E-state index in [1.807, 2.05) is 0 Å². The summed E-state index contributed by atoms with van der Waals surface area (Å²) in [6.45, 7) is 2.06. The van der Waals surface area contributed by atoms with E-state index in [4.69, 9.17) is 0 Å². The van der Waals surface area contributed by atoms with Crippen molar-refractivity contribution in [2.75, 3.05) is 0 Å². The summed E-state index contributed by atoms with van der Waals surface area (Å²) in [4.78, 5) is 0. The molecule has 0 amide bonds. The molecule has 2 N–H and O–H groups in total. The van der Waals surface area contributed by atoms with Crippen molar-refractivity contribution in [3.63, 3.8) is 0 Å². The summed E-state index contributed by atoms with van der Waals surface area (Å²) in [6.07, 6.45) is 7.15.